The second kappa shape index (κ2) is 23.7. The number of unbranched alkanes of at least 4 members (excludes halogenated alkanes) is 2. The number of hydrogen-bond acceptors (Lipinski definition) is 8. The lowest BCUT2D eigenvalue weighted by atomic mass is 9.79. The Morgan fingerprint density at radius 1 is 0.625 bits per heavy atom. The summed E-state index contributed by atoms with van der Waals surface area (Å²) in [6, 6.07) is 17.5. The Labute approximate surface area is 357 Å². The lowest BCUT2D eigenvalue weighted by Crippen LogP contribution is -2.32. The number of halogens is 5. The third-order valence-electron chi connectivity index (χ3n) is 10.1. The maximum absolute atomic E-state index is 14.8. The van der Waals surface area contributed by atoms with E-state index in [1.165, 1.54) is 68.8 Å². The molecule has 0 saturated heterocycles. The molecular formula is C42H50BBrCl2F2N4O2S2. The summed E-state index contributed by atoms with van der Waals surface area (Å²) in [6.07, 6.45) is 13.8. The summed E-state index contributed by atoms with van der Waals surface area (Å²) in [5.74, 6) is 0.690. The van der Waals surface area contributed by atoms with E-state index >= 15 is 0 Å². The third kappa shape index (κ3) is 13.2. The van der Waals surface area contributed by atoms with Gasteiger partial charge >= 0.3 is 7.12 Å². The lowest BCUT2D eigenvalue weighted by Gasteiger charge is -2.14. The van der Waals surface area contributed by atoms with E-state index in [1.54, 1.807) is 24.3 Å². The zero-order chi connectivity index (χ0) is 40.6. The van der Waals surface area contributed by atoms with Gasteiger partial charge in [-0.1, -0.05) is 133 Å². The highest BCUT2D eigenvalue weighted by Gasteiger charge is 2.17. The summed E-state index contributed by atoms with van der Waals surface area (Å²) in [6.45, 7) is 8.87. The fourth-order valence-electron chi connectivity index (χ4n) is 6.56. The molecule has 0 amide bonds. The molecule has 0 aliphatic rings. The molecule has 0 bridgehead atoms. The van der Waals surface area contributed by atoms with Gasteiger partial charge in [0.25, 0.3) is 0 Å². The maximum Gasteiger partial charge on any atom is 0.491 e. The molecule has 56 heavy (non-hydrogen) atoms. The van der Waals surface area contributed by atoms with Gasteiger partial charge < -0.3 is 10.0 Å². The van der Waals surface area contributed by atoms with Crippen molar-refractivity contribution in [2.24, 2.45) is 11.8 Å². The number of rotatable bonds is 16. The van der Waals surface area contributed by atoms with Gasteiger partial charge in [-0.25, -0.2) is 8.78 Å². The van der Waals surface area contributed by atoms with Gasteiger partial charge in [-0.15, -0.1) is 0 Å². The fourth-order valence-corrected chi connectivity index (χ4v) is 8.72. The average molecular weight is 907 g/mol. The summed E-state index contributed by atoms with van der Waals surface area (Å²) in [4.78, 5) is 0. The Kier molecular flexibility index (Phi) is 19.5. The number of aromatic nitrogens is 4. The number of aryl methyl sites for hydroxylation is 2. The molecular weight excluding hydrogens is 856 g/mol. The van der Waals surface area contributed by atoms with Gasteiger partial charge in [-0.3, -0.25) is 0 Å². The highest BCUT2D eigenvalue weighted by atomic mass is 79.9. The molecule has 2 N–H and O–H groups in total. The van der Waals surface area contributed by atoms with Gasteiger partial charge in [0, 0.05) is 21.1 Å². The van der Waals surface area contributed by atoms with Crippen LogP contribution in [0.1, 0.15) is 103 Å². The van der Waals surface area contributed by atoms with Crippen LogP contribution in [0.2, 0.25) is 10.0 Å². The van der Waals surface area contributed by atoms with Crippen LogP contribution in [0.5, 0.6) is 0 Å². The monoisotopic (exact) mass is 904 g/mol. The molecule has 0 saturated carbocycles. The first-order chi connectivity index (χ1) is 27.0. The lowest BCUT2D eigenvalue weighted by molar-refractivity contribution is 0.420. The minimum absolute atomic E-state index is 0.0539. The molecule has 14 heteroatoms. The summed E-state index contributed by atoms with van der Waals surface area (Å²) >= 11 is 17.6. The van der Waals surface area contributed by atoms with Crippen LogP contribution in [-0.4, -0.2) is 34.7 Å². The molecule has 2 aromatic heterocycles. The first-order valence-corrected chi connectivity index (χ1v) is 22.4. The van der Waals surface area contributed by atoms with Crippen LogP contribution in [0.3, 0.4) is 0 Å². The van der Waals surface area contributed by atoms with Crippen LogP contribution in [0.15, 0.2) is 65.1 Å². The van der Waals surface area contributed by atoms with E-state index in [9.17, 15) is 8.78 Å². The summed E-state index contributed by atoms with van der Waals surface area (Å²) < 4.78 is 46.0. The molecule has 0 spiro atoms. The van der Waals surface area contributed by atoms with Gasteiger partial charge in [0.1, 0.15) is 33.7 Å². The van der Waals surface area contributed by atoms with E-state index in [4.69, 9.17) is 33.2 Å². The van der Waals surface area contributed by atoms with Crippen LogP contribution in [0.4, 0.5) is 8.78 Å². The molecule has 4 aromatic carbocycles. The first kappa shape index (κ1) is 46.1. The van der Waals surface area contributed by atoms with Gasteiger partial charge in [0.05, 0.1) is 33.5 Å². The Hall–Kier alpha value is -2.58. The summed E-state index contributed by atoms with van der Waals surface area (Å²) in [5.41, 5.74) is 6.15. The highest BCUT2D eigenvalue weighted by Crippen LogP contribution is 2.34. The number of hydrogen-bond donors (Lipinski definition) is 2. The molecule has 2 heterocycles. The Morgan fingerprint density at radius 2 is 1.11 bits per heavy atom. The Morgan fingerprint density at radius 3 is 1.61 bits per heavy atom. The maximum atomic E-state index is 14.8. The minimum Gasteiger partial charge on any atom is -0.423 e. The second-order valence-corrected chi connectivity index (χ2v) is 16.7. The molecule has 0 fully saturated rings. The van der Waals surface area contributed by atoms with Crippen molar-refractivity contribution in [2.75, 3.05) is 0 Å². The molecule has 0 aliphatic heterocycles. The minimum atomic E-state index is -1.73. The van der Waals surface area contributed by atoms with Crippen LogP contribution in [0.25, 0.3) is 33.2 Å². The topological polar surface area (TPSA) is 92.0 Å². The zero-order valence-corrected chi connectivity index (χ0v) is 37.1. The fraction of sp³-hybridized carbons (Fsp3) is 0.429. The molecule has 6 nitrogen and oxygen atoms in total. The standard InChI is InChI=1S/C21H24ClFN2S.C15H24BFO2.C6H2BrClN2S/c1-3-5-6-14(4-2)7-8-15-9-10-16(19(23)13-15)17-11-12-18(22)21-20(17)24-26-25-21;1-3-5-6-12(4-2)7-8-13-9-10-14(16(18)19)15(17)11-13;7-3-1-2-4(8)6-5(3)9-11-10-6/h9-14H,3-8H2,1-2H3;9-12,18-19H,3-8H2,1-2H3;1-2H. The van der Waals surface area contributed by atoms with Crippen LogP contribution >= 0.6 is 62.6 Å². The van der Waals surface area contributed by atoms with Gasteiger partial charge in [-0.2, -0.15) is 17.5 Å². The van der Waals surface area contributed by atoms with Crippen molar-refractivity contribution in [1.29, 1.82) is 0 Å². The first-order valence-electron chi connectivity index (χ1n) is 19.4. The second-order valence-electron chi connectivity index (χ2n) is 14.0. The smallest absolute Gasteiger partial charge is 0.423 e. The molecule has 0 radical (unpaired) electrons. The highest BCUT2D eigenvalue weighted by molar-refractivity contribution is 9.10. The van der Waals surface area contributed by atoms with E-state index in [0.717, 1.165) is 81.9 Å². The van der Waals surface area contributed by atoms with E-state index in [2.05, 4.69) is 61.1 Å². The van der Waals surface area contributed by atoms with E-state index in [0.29, 0.717) is 32.6 Å². The van der Waals surface area contributed by atoms with Crippen molar-refractivity contribution in [3.63, 3.8) is 0 Å². The summed E-state index contributed by atoms with van der Waals surface area (Å²) in [7, 11) is -1.73. The SMILES string of the molecule is CCCCC(CC)CCc1ccc(-c2ccc(Cl)c3nsnc23)c(F)c1.CCCCC(CC)CCc1ccc(B(O)O)c(F)c1.Clc1ccc(Br)c2nsnc12. The summed E-state index contributed by atoms with van der Waals surface area (Å²) in [5, 5.41) is 19.1. The van der Waals surface area contributed by atoms with E-state index < -0.39 is 12.9 Å². The van der Waals surface area contributed by atoms with Crippen molar-refractivity contribution < 1.29 is 18.8 Å². The van der Waals surface area contributed by atoms with Crippen molar-refractivity contribution in [2.45, 2.75) is 105 Å². The normalized spacial score (nSPS) is 12.2. The Balaban J connectivity index is 0.000000202. The Bertz CT molecular complexity index is 2090. The predicted molar refractivity (Wildman–Crippen MR) is 237 cm³/mol. The number of fused-ring (bicyclic) bond motifs is 2. The van der Waals surface area contributed by atoms with Gasteiger partial charge in [0.15, 0.2) is 0 Å². The van der Waals surface area contributed by atoms with Crippen LogP contribution in [0, 0.1) is 23.5 Å². The zero-order valence-electron chi connectivity index (χ0n) is 32.4. The number of nitrogens with zero attached hydrogens (tertiary/aromatic N) is 4. The largest absolute Gasteiger partial charge is 0.491 e. The van der Waals surface area contributed by atoms with E-state index in [-0.39, 0.29) is 11.3 Å². The quantitative estimate of drug-likeness (QED) is 0.0940. The van der Waals surface area contributed by atoms with Crippen molar-refractivity contribution in [3.05, 3.63) is 97.9 Å². The number of benzene rings is 4. The molecule has 6 rings (SSSR count). The molecule has 2 unspecified atom stereocenters. The molecule has 300 valence electrons. The van der Waals surface area contributed by atoms with Crippen molar-refractivity contribution in [3.8, 4) is 11.1 Å². The third-order valence-corrected chi connectivity index (χ3v) is 12.4. The van der Waals surface area contributed by atoms with Gasteiger partial charge in [0.2, 0.25) is 0 Å². The van der Waals surface area contributed by atoms with Crippen LogP contribution in [-0.2, 0) is 12.8 Å². The van der Waals surface area contributed by atoms with Crippen molar-refractivity contribution >= 4 is 97.2 Å². The van der Waals surface area contributed by atoms with Crippen LogP contribution < -0.4 is 5.46 Å². The molecule has 0 aliphatic carbocycles. The predicted octanol–water partition coefficient (Wildman–Crippen LogP) is 13.1. The average Bonchev–Trinajstić information content (AvgIpc) is 3.90. The molecule has 6 aromatic rings. The van der Waals surface area contributed by atoms with Gasteiger partial charge in [-0.05, 0) is 94.9 Å². The van der Waals surface area contributed by atoms with E-state index in [1.807, 2.05) is 24.3 Å². The molecule has 2 atom stereocenters. The van der Waals surface area contributed by atoms with Crippen molar-refractivity contribution in [1.82, 2.24) is 17.5 Å².